The molecule has 1 fully saturated rings. The summed E-state index contributed by atoms with van der Waals surface area (Å²) in [5.74, 6) is -0.132. The Morgan fingerprint density at radius 2 is 2.00 bits per heavy atom. The minimum absolute atomic E-state index is 0.258. The quantitative estimate of drug-likeness (QED) is 0.419. The number of ether oxygens (including phenoxy) is 1. The molecule has 188 valence electrons. The number of carboxylic acids is 1. The summed E-state index contributed by atoms with van der Waals surface area (Å²) in [5.41, 5.74) is 3.36. The summed E-state index contributed by atoms with van der Waals surface area (Å²) in [7, 11) is 0. The van der Waals surface area contributed by atoms with E-state index in [-0.39, 0.29) is 12.4 Å². The molecular formula is C26H23FN6O3S. The molecule has 0 unspecified atom stereocenters. The third-order valence-corrected chi connectivity index (χ3v) is 7.77. The van der Waals surface area contributed by atoms with Gasteiger partial charge >= 0.3 is 5.97 Å². The molecule has 2 aliphatic rings. The number of benzene rings is 2. The predicted molar refractivity (Wildman–Crippen MR) is 136 cm³/mol. The maximum atomic E-state index is 14.2. The van der Waals surface area contributed by atoms with E-state index in [1.54, 1.807) is 12.3 Å². The minimum atomic E-state index is -1.03. The monoisotopic (exact) mass is 518 g/mol. The topological polar surface area (TPSA) is 106 Å². The number of nitrogens with zero attached hydrogens (tertiary/aromatic N) is 6. The summed E-state index contributed by atoms with van der Waals surface area (Å²) in [6.07, 6.45) is 5.33. The largest absolute Gasteiger partial charge is 0.482 e. The Balaban J connectivity index is 1.24. The highest BCUT2D eigenvalue weighted by molar-refractivity contribution is 7.18. The first-order valence-electron chi connectivity index (χ1n) is 11.9. The van der Waals surface area contributed by atoms with Crippen molar-refractivity contribution in [3.63, 3.8) is 0 Å². The number of hydrogen-bond acceptors (Lipinski definition) is 8. The summed E-state index contributed by atoms with van der Waals surface area (Å²) in [4.78, 5) is 19.4. The van der Waals surface area contributed by atoms with Gasteiger partial charge in [-0.3, -0.25) is 4.79 Å². The van der Waals surface area contributed by atoms with Crippen LogP contribution in [0.3, 0.4) is 0 Å². The lowest BCUT2D eigenvalue weighted by atomic mass is 9.82. The zero-order chi connectivity index (χ0) is 25.6. The summed E-state index contributed by atoms with van der Waals surface area (Å²) in [5, 5.41) is 21.6. The highest BCUT2D eigenvalue weighted by atomic mass is 32.1. The molecule has 1 saturated heterocycles. The summed E-state index contributed by atoms with van der Waals surface area (Å²) in [6.45, 7) is 3.10. The number of carbonyl (C=O) groups is 1. The lowest BCUT2D eigenvalue weighted by Crippen LogP contribution is -2.48. The molecule has 37 heavy (non-hydrogen) atoms. The number of aryl methyl sites for hydroxylation is 1. The van der Waals surface area contributed by atoms with Crippen LogP contribution in [0.15, 0.2) is 54.7 Å². The van der Waals surface area contributed by atoms with Crippen molar-refractivity contribution in [2.24, 2.45) is 0 Å². The van der Waals surface area contributed by atoms with Crippen molar-refractivity contribution in [1.29, 1.82) is 0 Å². The molecule has 0 bridgehead atoms. The zero-order valence-corrected chi connectivity index (χ0v) is 20.8. The molecule has 6 rings (SSSR count). The van der Waals surface area contributed by atoms with Crippen molar-refractivity contribution in [3.8, 4) is 16.5 Å². The van der Waals surface area contributed by atoms with E-state index in [0.29, 0.717) is 5.82 Å². The molecule has 2 aliphatic heterocycles. The molecule has 1 spiro atoms. The van der Waals surface area contributed by atoms with Crippen molar-refractivity contribution < 1.29 is 19.0 Å². The van der Waals surface area contributed by atoms with Crippen molar-refractivity contribution in [2.45, 2.75) is 31.9 Å². The Hall–Kier alpha value is -4.12. The Kier molecular flexibility index (Phi) is 5.71. The fourth-order valence-corrected chi connectivity index (χ4v) is 5.73. The van der Waals surface area contributed by atoms with E-state index in [1.807, 2.05) is 37.3 Å². The first-order chi connectivity index (χ1) is 17.9. The molecular weight excluding hydrogens is 495 g/mol. The molecule has 0 radical (unpaired) electrons. The van der Waals surface area contributed by atoms with Crippen LogP contribution in [-0.2, 0) is 11.3 Å². The van der Waals surface area contributed by atoms with E-state index in [0.717, 1.165) is 68.7 Å². The number of tetrazole rings is 1. The van der Waals surface area contributed by atoms with Gasteiger partial charge in [0.15, 0.2) is 11.7 Å². The Labute approximate surface area is 215 Å². The Bertz CT molecular complexity index is 1520. The standard InChI is InChI=1S/C26H23FN6O3S/c1-16-6-7-17(27)12-19(16)20-13-26(36-21-5-3-2-4-18(20)21)8-10-32(11-9-26)25-28-14-22(37-25)24-29-31-33(30-24)15-23(34)35/h2-7,12-14H,8-11,15H2,1H3,(H,34,35). The first-order valence-corrected chi connectivity index (χ1v) is 12.7. The number of hydrogen-bond donors (Lipinski definition) is 1. The maximum Gasteiger partial charge on any atom is 0.327 e. The van der Waals surface area contributed by atoms with Gasteiger partial charge < -0.3 is 14.7 Å². The molecule has 9 nitrogen and oxygen atoms in total. The van der Waals surface area contributed by atoms with Crippen LogP contribution in [0.2, 0.25) is 0 Å². The van der Waals surface area contributed by atoms with Crippen LogP contribution in [0.1, 0.15) is 29.5 Å². The van der Waals surface area contributed by atoms with Crippen molar-refractivity contribution in [2.75, 3.05) is 18.0 Å². The van der Waals surface area contributed by atoms with Crippen LogP contribution in [0, 0.1) is 12.7 Å². The number of carboxylic acid groups (broad SMARTS) is 1. The van der Waals surface area contributed by atoms with E-state index in [2.05, 4.69) is 31.4 Å². The van der Waals surface area contributed by atoms with Gasteiger partial charge in [0.05, 0.1) is 11.1 Å². The second-order valence-corrected chi connectivity index (χ2v) is 10.2. The molecule has 0 amide bonds. The molecule has 0 atom stereocenters. The number of halogens is 1. The third-order valence-electron chi connectivity index (χ3n) is 6.71. The average Bonchev–Trinajstić information content (AvgIpc) is 3.55. The predicted octanol–water partition coefficient (Wildman–Crippen LogP) is 4.19. The number of anilines is 1. The SMILES string of the molecule is Cc1ccc(F)cc1C1=CC2(CCN(c3ncc(-c4nnn(CC(=O)O)n4)s3)CC2)Oc2ccccc21. The Morgan fingerprint density at radius 3 is 2.81 bits per heavy atom. The minimum Gasteiger partial charge on any atom is -0.482 e. The highest BCUT2D eigenvalue weighted by Gasteiger charge is 2.39. The van der Waals surface area contributed by atoms with Crippen LogP contribution < -0.4 is 9.64 Å². The normalized spacial score (nSPS) is 16.3. The summed E-state index contributed by atoms with van der Waals surface area (Å²) >= 11 is 1.44. The molecule has 11 heteroatoms. The number of fused-ring (bicyclic) bond motifs is 1. The second kappa shape index (κ2) is 9.07. The third kappa shape index (κ3) is 4.46. The van der Waals surface area contributed by atoms with Gasteiger partial charge in [-0.25, -0.2) is 9.37 Å². The molecule has 4 heterocycles. The Morgan fingerprint density at radius 1 is 1.19 bits per heavy atom. The number of thiazole rings is 1. The van der Waals surface area contributed by atoms with Crippen molar-refractivity contribution in [3.05, 3.63) is 77.2 Å². The van der Waals surface area contributed by atoms with Gasteiger partial charge in [0.1, 0.15) is 17.2 Å². The second-order valence-electron chi connectivity index (χ2n) is 9.21. The van der Waals surface area contributed by atoms with Crippen LogP contribution in [0.5, 0.6) is 5.75 Å². The molecule has 0 aliphatic carbocycles. The lowest BCUT2D eigenvalue weighted by Gasteiger charge is -2.43. The molecule has 2 aromatic heterocycles. The maximum absolute atomic E-state index is 14.2. The highest BCUT2D eigenvalue weighted by Crippen LogP contribution is 2.44. The molecule has 0 saturated carbocycles. The van der Waals surface area contributed by atoms with E-state index < -0.39 is 11.6 Å². The molecule has 2 aromatic carbocycles. The van der Waals surface area contributed by atoms with E-state index in [4.69, 9.17) is 9.84 Å². The number of piperidine rings is 1. The van der Waals surface area contributed by atoms with Gasteiger partial charge in [-0.05, 0) is 53.1 Å². The fraction of sp³-hybridized carbons (Fsp3) is 0.269. The van der Waals surface area contributed by atoms with Gasteiger partial charge in [0, 0.05) is 31.5 Å². The van der Waals surface area contributed by atoms with Gasteiger partial charge in [0.25, 0.3) is 0 Å². The number of aliphatic carboxylic acids is 1. The summed E-state index contributed by atoms with van der Waals surface area (Å²) in [6, 6.07) is 12.8. The first kappa shape index (κ1) is 23.3. The van der Waals surface area contributed by atoms with Crippen LogP contribution in [0.4, 0.5) is 9.52 Å². The van der Waals surface area contributed by atoms with E-state index >= 15 is 0 Å². The summed E-state index contributed by atoms with van der Waals surface area (Å²) < 4.78 is 20.8. The van der Waals surface area contributed by atoms with Crippen molar-refractivity contribution in [1.82, 2.24) is 25.2 Å². The van der Waals surface area contributed by atoms with E-state index in [9.17, 15) is 9.18 Å². The average molecular weight is 519 g/mol. The van der Waals surface area contributed by atoms with Crippen LogP contribution >= 0.6 is 11.3 Å². The van der Waals surface area contributed by atoms with Crippen molar-refractivity contribution >= 4 is 28.0 Å². The number of aromatic nitrogens is 5. The zero-order valence-electron chi connectivity index (χ0n) is 20.0. The molecule has 4 aromatic rings. The smallest absolute Gasteiger partial charge is 0.327 e. The molecule has 1 N–H and O–H groups in total. The van der Waals surface area contributed by atoms with Crippen LogP contribution in [0.25, 0.3) is 16.3 Å². The van der Waals surface area contributed by atoms with E-state index in [1.165, 1.54) is 17.4 Å². The lowest BCUT2D eigenvalue weighted by molar-refractivity contribution is -0.138. The van der Waals surface area contributed by atoms with Gasteiger partial charge in [0.2, 0.25) is 5.82 Å². The van der Waals surface area contributed by atoms with Gasteiger partial charge in [-0.15, -0.1) is 10.2 Å². The van der Waals surface area contributed by atoms with Gasteiger partial charge in [-0.1, -0.05) is 35.6 Å². The number of para-hydroxylation sites is 1. The van der Waals surface area contributed by atoms with Crippen LogP contribution in [-0.4, -0.2) is 55.0 Å². The fourth-order valence-electron chi connectivity index (χ4n) is 4.84. The van der Waals surface area contributed by atoms with Gasteiger partial charge in [-0.2, -0.15) is 4.80 Å². The number of rotatable bonds is 5.